The van der Waals surface area contributed by atoms with Gasteiger partial charge in [-0.2, -0.15) is 0 Å². The first-order valence-corrected chi connectivity index (χ1v) is 5.11. The van der Waals surface area contributed by atoms with E-state index >= 15 is 0 Å². The summed E-state index contributed by atoms with van der Waals surface area (Å²) in [5.74, 6) is 0. The first-order chi connectivity index (χ1) is 6.35. The fourth-order valence-corrected chi connectivity index (χ4v) is 1.64. The van der Waals surface area contributed by atoms with Gasteiger partial charge in [-0.15, -0.1) is 0 Å². The van der Waals surface area contributed by atoms with E-state index in [-0.39, 0.29) is 5.54 Å². The van der Waals surface area contributed by atoms with Crippen molar-refractivity contribution in [2.75, 3.05) is 14.1 Å². The normalized spacial score (nSPS) is 12.2. The molecule has 1 nitrogen and oxygen atoms in total. The summed E-state index contributed by atoms with van der Waals surface area (Å²) in [7, 11) is 4.25. The van der Waals surface area contributed by atoms with Gasteiger partial charge in [-0.25, -0.2) is 0 Å². The highest BCUT2D eigenvalue weighted by Crippen LogP contribution is 2.28. The molecule has 78 valence electrons. The Kier molecular flexibility index (Phi) is 3.01. The summed E-state index contributed by atoms with van der Waals surface area (Å²) in [6, 6.07) is 6.66. The second-order valence-corrected chi connectivity index (χ2v) is 4.77. The standard InChI is InChI=1S/C13H21N/c1-10-7-8-11(2)12(9-10)13(3,4)14(5)6/h7-9H,1-6H3. The number of hydrogen-bond acceptors (Lipinski definition) is 1. The lowest BCUT2D eigenvalue weighted by molar-refractivity contribution is 0.197. The molecule has 0 aliphatic heterocycles. The summed E-state index contributed by atoms with van der Waals surface area (Å²) in [5.41, 5.74) is 4.23. The minimum atomic E-state index is 0.107. The second kappa shape index (κ2) is 3.74. The fourth-order valence-electron chi connectivity index (χ4n) is 1.64. The highest BCUT2D eigenvalue weighted by molar-refractivity contribution is 5.35. The van der Waals surface area contributed by atoms with Crippen molar-refractivity contribution in [3.8, 4) is 0 Å². The van der Waals surface area contributed by atoms with E-state index < -0.39 is 0 Å². The molecule has 1 rings (SSSR count). The first-order valence-electron chi connectivity index (χ1n) is 5.11. The fraction of sp³-hybridized carbons (Fsp3) is 0.538. The lowest BCUT2D eigenvalue weighted by atomic mass is 9.88. The second-order valence-electron chi connectivity index (χ2n) is 4.77. The van der Waals surface area contributed by atoms with Crippen molar-refractivity contribution in [2.24, 2.45) is 0 Å². The average Bonchev–Trinajstić information content (AvgIpc) is 2.08. The predicted octanol–water partition coefficient (Wildman–Crippen LogP) is 3.10. The van der Waals surface area contributed by atoms with E-state index in [2.05, 4.69) is 64.9 Å². The molecule has 0 unspecified atom stereocenters. The van der Waals surface area contributed by atoms with Crippen molar-refractivity contribution in [3.05, 3.63) is 34.9 Å². The van der Waals surface area contributed by atoms with Crippen LogP contribution in [-0.4, -0.2) is 19.0 Å². The van der Waals surface area contributed by atoms with Crippen molar-refractivity contribution >= 4 is 0 Å². The summed E-state index contributed by atoms with van der Waals surface area (Å²) in [5, 5.41) is 0. The number of aryl methyl sites for hydroxylation is 2. The van der Waals surface area contributed by atoms with Crippen LogP contribution < -0.4 is 0 Å². The highest BCUT2D eigenvalue weighted by Gasteiger charge is 2.24. The topological polar surface area (TPSA) is 3.24 Å². The van der Waals surface area contributed by atoms with Gasteiger partial charge in [-0.1, -0.05) is 23.8 Å². The van der Waals surface area contributed by atoms with Crippen LogP contribution in [0.5, 0.6) is 0 Å². The zero-order chi connectivity index (χ0) is 10.9. The van der Waals surface area contributed by atoms with Crippen molar-refractivity contribution in [3.63, 3.8) is 0 Å². The first kappa shape index (κ1) is 11.3. The Morgan fingerprint density at radius 3 is 2.14 bits per heavy atom. The van der Waals surface area contributed by atoms with E-state index in [1.54, 1.807) is 0 Å². The molecule has 0 saturated carbocycles. The molecule has 0 heterocycles. The van der Waals surface area contributed by atoms with E-state index in [4.69, 9.17) is 0 Å². The summed E-state index contributed by atoms with van der Waals surface area (Å²) in [6.45, 7) is 8.85. The lowest BCUT2D eigenvalue weighted by Gasteiger charge is -2.34. The Bertz CT molecular complexity index is 324. The number of benzene rings is 1. The van der Waals surface area contributed by atoms with Gasteiger partial charge in [0, 0.05) is 5.54 Å². The molecule has 0 bridgehead atoms. The van der Waals surface area contributed by atoms with Gasteiger partial charge < -0.3 is 4.90 Å². The zero-order valence-corrected chi connectivity index (χ0v) is 10.2. The van der Waals surface area contributed by atoms with Gasteiger partial charge in [0.15, 0.2) is 0 Å². The molecule has 1 heteroatoms. The van der Waals surface area contributed by atoms with Gasteiger partial charge in [-0.3, -0.25) is 0 Å². The maximum atomic E-state index is 2.29. The van der Waals surface area contributed by atoms with Gasteiger partial charge in [-0.05, 0) is 52.9 Å². The molecule has 0 radical (unpaired) electrons. The summed E-state index contributed by atoms with van der Waals surface area (Å²) < 4.78 is 0. The third kappa shape index (κ3) is 1.98. The van der Waals surface area contributed by atoms with Crippen LogP contribution in [0.25, 0.3) is 0 Å². The van der Waals surface area contributed by atoms with Crippen LogP contribution in [0.15, 0.2) is 18.2 Å². The molecule has 0 amide bonds. The largest absolute Gasteiger partial charge is 0.300 e. The molecule has 0 saturated heterocycles. The van der Waals surface area contributed by atoms with Crippen LogP contribution in [-0.2, 0) is 5.54 Å². The minimum absolute atomic E-state index is 0.107. The van der Waals surface area contributed by atoms with Gasteiger partial charge in [0.1, 0.15) is 0 Å². The Labute approximate surface area is 87.7 Å². The molecule has 0 fully saturated rings. The van der Waals surface area contributed by atoms with Crippen molar-refractivity contribution in [2.45, 2.75) is 33.2 Å². The highest BCUT2D eigenvalue weighted by atomic mass is 15.1. The molecule has 0 aliphatic carbocycles. The Balaban J connectivity index is 3.24. The maximum absolute atomic E-state index is 2.29. The van der Waals surface area contributed by atoms with Crippen molar-refractivity contribution < 1.29 is 0 Å². The van der Waals surface area contributed by atoms with Crippen LogP contribution >= 0.6 is 0 Å². The summed E-state index contributed by atoms with van der Waals surface area (Å²) in [4.78, 5) is 2.26. The molecule has 0 spiro atoms. The molecule has 0 aliphatic rings. The van der Waals surface area contributed by atoms with E-state index in [1.165, 1.54) is 16.7 Å². The van der Waals surface area contributed by atoms with Crippen LogP contribution in [0.2, 0.25) is 0 Å². The Morgan fingerprint density at radius 1 is 1.07 bits per heavy atom. The zero-order valence-electron chi connectivity index (χ0n) is 10.2. The molecule has 0 N–H and O–H groups in total. The Morgan fingerprint density at radius 2 is 1.64 bits per heavy atom. The molecular weight excluding hydrogens is 170 g/mol. The lowest BCUT2D eigenvalue weighted by Crippen LogP contribution is -2.36. The molecule has 0 atom stereocenters. The number of nitrogens with zero attached hydrogens (tertiary/aromatic N) is 1. The quantitative estimate of drug-likeness (QED) is 0.694. The van der Waals surface area contributed by atoms with Crippen LogP contribution in [0.3, 0.4) is 0 Å². The van der Waals surface area contributed by atoms with Gasteiger partial charge in [0.25, 0.3) is 0 Å². The van der Waals surface area contributed by atoms with Crippen molar-refractivity contribution in [1.82, 2.24) is 4.90 Å². The number of hydrogen-bond donors (Lipinski definition) is 0. The monoisotopic (exact) mass is 191 g/mol. The van der Waals surface area contributed by atoms with Crippen LogP contribution in [0.1, 0.15) is 30.5 Å². The molecule has 0 aromatic heterocycles. The van der Waals surface area contributed by atoms with Gasteiger partial charge in [0.2, 0.25) is 0 Å². The van der Waals surface area contributed by atoms with Gasteiger partial charge >= 0.3 is 0 Å². The van der Waals surface area contributed by atoms with E-state index in [9.17, 15) is 0 Å². The van der Waals surface area contributed by atoms with Crippen LogP contribution in [0.4, 0.5) is 0 Å². The van der Waals surface area contributed by atoms with E-state index in [1.807, 2.05) is 0 Å². The Hall–Kier alpha value is -0.820. The summed E-state index contributed by atoms with van der Waals surface area (Å²) in [6.07, 6.45) is 0. The third-order valence-electron chi connectivity index (χ3n) is 3.17. The minimum Gasteiger partial charge on any atom is -0.300 e. The van der Waals surface area contributed by atoms with Gasteiger partial charge in [0.05, 0.1) is 0 Å². The molecule has 14 heavy (non-hydrogen) atoms. The maximum Gasteiger partial charge on any atom is 0.0401 e. The smallest absolute Gasteiger partial charge is 0.0401 e. The molecule has 1 aromatic carbocycles. The SMILES string of the molecule is Cc1ccc(C)c(C(C)(C)N(C)C)c1. The third-order valence-corrected chi connectivity index (χ3v) is 3.17. The summed E-state index contributed by atoms with van der Waals surface area (Å²) >= 11 is 0. The average molecular weight is 191 g/mol. The van der Waals surface area contributed by atoms with Crippen LogP contribution in [0, 0.1) is 13.8 Å². The molecule has 1 aromatic rings. The predicted molar refractivity (Wildman–Crippen MR) is 62.6 cm³/mol. The number of rotatable bonds is 2. The van der Waals surface area contributed by atoms with Crippen molar-refractivity contribution in [1.29, 1.82) is 0 Å². The van der Waals surface area contributed by atoms with E-state index in [0.29, 0.717) is 0 Å². The molecular formula is C13H21N. The van der Waals surface area contributed by atoms with E-state index in [0.717, 1.165) is 0 Å².